The maximum Gasteiger partial charge on any atom is 0.270 e. The smallest absolute Gasteiger partial charge is 0.270 e. The standard InChI is InChI=1S/C24H27N3O2/c1-2-27(22(29)21-14-18-6-3-4-7-20(18)26-21)24-13-5-12-23(24,16-24)25-15-17-8-10-19(28)11-9-17/h3-4,6-11,14,25-26,28H,2,5,12-13,15-16H2,1H3/t23-,24-/m0/s1. The third-order valence-corrected chi connectivity index (χ3v) is 6.96. The van der Waals surface area contributed by atoms with Crippen molar-refractivity contribution in [3.63, 3.8) is 0 Å². The number of likely N-dealkylation sites (N-methyl/N-ethyl adjacent to an activating group) is 1. The summed E-state index contributed by atoms with van der Waals surface area (Å²) in [5, 5.41) is 14.3. The van der Waals surface area contributed by atoms with E-state index >= 15 is 0 Å². The number of aromatic hydroxyl groups is 1. The molecule has 2 fully saturated rings. The monoisotopic (exact) mass is 389 g/mol. The van der Waals surface area contributed by atoms with Crippen molar-refractivity contribution in [2.75, 3.05) is 6.54 Å². The van der Waals surface area contributed by atoms with Crippen molar-refractivity contribution in [1.82, 2.24) is 15.2 Å². The summed E-state index contributed by atoms with van der Waals surface area (Å²) in [6, 6.07) is 17.3. The Hall–Kier alpha value is -2.79. The molecule has 29 heavy (non-hydrogen) atoms. The van der Waals surface area contributed by atoms with Crippen molar-refractivity contribution in [3.05, 3.63) is 65.9 Å². The molecule has 0 radical (unpaired) electrons. The third-order valence-electron chi connectivity index (χ3n) is 6.96. The van der Waals surface area contributed by atoms with Gasteiger partial charge in [-0.3, -0.25) is 4.79 Å². The molecule has 2 aliphatic carbocycles. The van der Waals surface area contributed by atoms with Crippen LogP contribution in [-0.4, -0.2) is 38.5 Å². The predicted octanol–water partition coefficient (Wildman–Crippen LogP) is 4.19. The largest absolute Gasteiger partial charge is 0.508 e. The van der Waals surface area contributed by atoms with Crippen LogP contribution in [0.15, 0.2) is 54.6 Å². The number of amides is 1. The highest BCUT2D eigenvalue weighted by Crippen LogP contribution is 2.63. The highest BCUT2D eigenvalue weighted by Gasteiger charge is 2.73. The van der Waals surface area contributed by atoms with Crippen molar-refractivity contribution >= 4 is 16.8 Å². The van der Waals surface area contributed by atoms with E-state index in [4.69, 9.17) is 0 Å². The van der Waals surface area contributed by atoms with E-state index in [-0.39, 0.29) is 22.7 Å². The van der Waals surface area contributed by atoms with Crippen LogP contribution in [0.2, 0.25) is 0 Å². The third kappa shape index (κ3) is 2.84. The molecule has 0 unspecified atom stereocenters. The van der Waals surface area contributed by atoms with Gasteiger partial charge in [0.2, 0.25) is 0 Å². The van der Waals surface area contributed by atoms with E-state index in [0.717, 1.165) is 48.7 Å². The minimum Gasteiger partial charge on any atom is -0.508 e. The molecule has 0 saturated heterocycles. The Morgan fingerprint density at radius 2 is 1.97 bits per heavy atom. The number of hydrogen-bond acceptors (Lipinski definition) is 3. The number of aromatic nitrogens is 1. The fourth-order valence-corrected chi connectivity index (χ4v) is 5.45. The SMILES string of the molecule is CCN(C(=O)c1cc2ccccc2[nH]1)[C@]12CCC[C@]1(NCc1ccc(O)cc1)C2. The second-order valence-electron chi connectivity index (χ2n) is 8.48. The van der Waals surface area contributed by atoms with Crippen LogP contribution >= 0.6 is 0 Å². The van der Waals surface area contributed by atoms with Gasteiger partial charge in [-0.1, -0.05) is 30.3 Å². The summed E-state index contributed by atoms with van der Waals surface area (Å²) >= 11 is 0. The number of para-hydroxylation sites is 1. The second-order valence-corrected chi connectivity index (χ2v) is 8.48. The molecule has 2 aliphatic rings. The number of aromatic amines is 1. The first-order valence-electron chi connectivity index (χ1n) is 10.5. The Balaban J connectivity index is 1.37. The molecule has 2 saturated carbocycles. The number of phenolic OH excluding ortho intramolecular Hbond substituents is 1. The predicted molar refractivity (Wildman–Crippen MR) is 114 cm³/mol. The van der Waals surface area contributed by atoms with Crippen LogP contribution in [0.4, 0.5) is 0 Å². The molecule has 3 N–H and O–H groups in total. The van der Waals surface area contributed by atoms with E-state index in [1.165, 1.54) is 0 Å². The van der Waals surface area contributed by atoms with E-state index in [1.54, 1.807) is 12.1 Å². The number of H-pyrrole nitrogens is 1. The maximum atomic E-state index is 13.5. The first kappa shape index (κ1) is 18.3. The molecular weight excluding hydrogens is 362 g/mol. The molecule has 150 valence electrons. The lowest BCUT2D eigenvalue weighted by Crippen LogP contribution is -2.49. The van der Waals surface area contributed by atoms with Gasteiger partial charge in [-0.15, -0.1) is 0 Å². The zero-order valence-corrected chi connectivity index (χ0v) is 16.7. The van der Waals surface area contributed by atoms with Gasteiger partial charge in [0, 0.05) is 29.5 Å². The maximum absolute atomic E-state index is 13.5. The molecule has 1 amide bonds. The molecule has 5 rings (SSSR count). The number of carbonyl (C=O) groups is 1. The van der Waals surface area contributed by atoms with Crippen molar-refractivity contribution in [1.29, 1.82) is 0 Å². The van der Waals surface area contributed by atoms with Crippen LogP contribution in [0.5, 0.6) is 5.75 Å². The molecule has 0 bridgehead atoms. The van der Waals surface area contributed by atoms with Gasteiger partial charge in [-0.05, 0) is 62.4 Å². The number of rotatable bonds is 6. The second kappa shape index (κ2) is 6.63. The zero-order chi connectivity index (χ0) is 20.1. The van der Waals surface area contributed by atoms with Gasteiger partial charge in [0.1, 0.15) is 11.4 Å². The highest BCUT2D eigenvalue weighted by atomic mass is 16.3. The van der Waals surface area contributed by atoms with Crippen LogP contribution in [0, 0.1) is 0 Å². The van der Waals surface area contributed by atoms with Crippen molar-refractivity contribution < 1.29 is 9.90 Å². The van der Waals surface area contributed by atoms with Gasteiger partial charge in [-0.25, -0.2) is 0 Å². The van der Waals surface area contributed by atoms with Crippen molar-refractivity contribution in [2.45, 2.75) is 50.2 Å². The van der Waals surface area contributed by atoms with Crippen molar-refractivity contribution in [2.24, 2.45) is 0 Å². The lowest BCUT2D eigenvalue weighted by atomic mass is 10.1. The fourth-order valence-electron chi connectivity index (χ4n) is 5.45. The average Bonchev–Trinajstić information content (AvgIpc) is 3.04. The average molecular weight is 389 g/mol. The Kier molecular flexibility index (Phi) is 4.17. The number of hydrogen-bond donors (Lipinski definition) is 3. The lowest BCUT2D eigenvalue weighted by molar-refractivity contribution is 0.0631. The van der Waals surface area contributed by atoms with E-state index < -0.39 is 0 Å². The summed E-state index contributed by atoms with van der Waals surface area (Å²) in [6.45, 7) is 3.54. The van der Waals surface area contributed by atoms with E-state index in [1.807, 2.05) is 42.5 Å². The molecule has 3 aromatic rings. The molecule has 5 nitrogen and oxygen atoms in total. The summed E-state index contributed by atoms with van der Waals surface area (Å²) in [4.78, 5) is 18.9. The molecule has 1 heterocycles. The molecule has 1 aromatic heterocycles. The van der Waals surface area contributed by atoms with Gasteiger partial charge in [0.25, 0.3) is 5.91 Å². The number of fused-ring (bicyclic) bond motifs is 2. The zero-order valence-electron chi connectivity index (χ0n) is 16.7. The van der Waals surface area contributed by atoms with Crippen LogP contribution in [0.3, 0.4) is 0 Å². The van der Waals surface area contributed by atoms with E-state index in [0.29, 0.717) is 12.2 Å². The minimum absolute atomic E-state index is 0.00255. The number of benzene rings is 2. The molecule has 2 atom stereocenters. The van der Waals surface area contributed by atoms with E-state index in [9.17, 15) is 9.90 Å². The Labute approximate surface area is 170 Å². The highest BCUT2D eigenvalue weighted by molar-refractivity contribution is 5.98. The molecular formula is C24H27N3O2. The number of nitrogens with zero attached hydrogens (tertiary/aromatic N) is 1. The minimum atomic E-state index is -0.0902. The topological polar surface area (TPSA) is 68.4 Å². The molecule has 0 aliphatic heterocycles. The number of carbonyl (C=O) groups excluding carboxylic acids is 1. The Morgan fingerprint density at radius 3 is 2.72 bits per heavy atom. The van der Waals surface area contributed by atoms with Gasteiger partial charge in [0.05, 0.1) is 5.54 Å². The Bertz CT molecular complexity index is 1020. The normalized spacial score (nSPS) is 25.1. The van der Waals surface area contributed by atoms with Gasteiger partial charge in [-0.2, -0.15) is 0 Å². The van der Waals surface area contributed by atoms with Crippen molar-refractivity contribution in [3.8, 4) is 5.75 Å². The number of nitrogens with one attached hydrogen (secondary N) is 2. The summed E-state index contributed by atoms with van der Waals surface area (Å²) in [5.74, 6) is 0.383. The van der Waals surface area contributed by atoms with Gasteiger partial charge < -0.3 is 20.3 Å². The summed E-state index contributed by atoms with van der Waals surface area (Å²) in [6.07, 6.45) is 4.30. The molecule has 2 aromatic carbocycles. The number of phenols is 1. The van der Waals surface area contributed by atoms with Gasteiger partial charge >= 0.3 is 0 Å². The fraction of sp³-hybridized carbons (Fsp3) is 0.375. The summed E-state index contributed by atoms with van der Waals surface area (Å²) in [7, 11) is 0. The van der Waals surface area contributed by atoms with Gasteiger partial charge in [0.15, 0.2) is 0 Å². The van der Waals surface area contributed by atoms with Crippen LogP contribution < -0.4 is 5.32 Å². The van der Waals surface area contributed by atoms with E-state index in [2.05, 4.69) is 22.1 Å². The first-order chi connectivity index (χ1) is 14.1. The first-order valence-corrected chi connectivity index (χ1v) is 10.5. The lowest BCUT2D eigenvalue weighted by Gasteiger charge is -2.32. The molecule has 5 heteroatoms. The summed E-state index contributed by atoms with van der Waals surface area (Å²) < 4.78 is 0. The van der Waals surface area contributed by atoms with Crippen LogP contribution in [0.1, 0.15) is 48.7 Å². The summed E-state index contributed by atoms with van der Waals surface area (Å²) in [5.41, 5.74) is 2.74. The molecule has 0 spiro atoms. The Morgan fingerprint density at radius 1 is 1.17 bits per heavy atom. The quantitative estimate of drug-likeness (QED) is 0.592. The van der Waals surface area contributed by atoms with Crippen LogP contribution in [-0.2, 0) is 6.54 Å². The van der Waals surface area contributed by atoms with Crippen LogP contribution in [0.25, 0.3) is 10.9 Å².